The van der Waals surface area contributed by atoms with Gasteiger partial charge < -0.3 is 15.4 Å². The Labute approximate surface area is 308 Å². The predicted molar refractivity (Wildman–Crippen MR) is 213 cm³/mol. The van der Waals surface area contributed by atoms with Gasteiger partial charge in [-0.2, -0.15) is 0 Å². The van der Waals surface area contributed by atoms with E-state index >= 15 is 0 Å². The lowest BCUT2D eigenvalue weighted by molar-refractivity contribution is 0.0633. The van der Waals surface area contributed by atoms with E-state index in [1.165, 1.54) is 116 Å². The number of allylic oxidation sites excluding steroid dienone is 1. The molecule has 7 nitrogen and oxygen atoms in total. The van der Waals surface area contributed by atoms with Gasteiger partial charge in [-0.15, -0.1) is 0 Å². The van der Waals surface area contributed by atoms with Gasteiger partial charge in [0.05, 0.1) is 12.3 Å². The zero-order valence-corrected chi connectivity index (χ0v) is 33.5. The molecule has 3 atom stereocenters. The van der Waals surface area contributed by atoms with Crippen LogP contribution in [0.2, 0.25) is 0 Å². The average Bonchev–Trinajstić information content (AvgIpc) is 3.03. The average molecular weight is 699 g/mol. The molecule has 288 valence electrons. The van der Waals surface area contributed by atoms with Crippen molar-refractivity contribution in [3.8, 4) is 0 Å². The van der Waals surface area contributed by atoms with Crippen LogP contribution in [0, 0.1) is 16.7 Å². The van der Waals surface area contributed by atoms with E-state index < -0.39 is 0 Å². The van der Waals surface area contributed by atoms with Crippen molar-refractivity contribution in [3.63, 3.8) is 0 Å². The number of nitrogens with zero attached hydrogens (tertiary/aromatic N) is 1. The molecule has 1 heterocycles. The molecule has 2 rings (SSSR count). The van der Waals surface area contributed by atoms with Gasteiger partial charge in [0.1, 0.15) is 5.84 Å². The molecule has 1 fully saturated rings. The van der Waals surface area contributed by atoms with Gasteiger partial charge in [0, 0.05) is 19.0 Å². The highest BCUT2D eigenvalue weighted by Gasteiger charge is 2.42. The zero-order valence-electron chi connectivity index (χ0n) is 33.5. The molecule has 0 aromatic rings. The number of rotatable bonds is 25. The maximum Gasteiger partial charge on any atom is 0.407 e. The van der Waals surface area contributed by atoms with Gasteiger partial charge >= 0.3 is 12.1 Å². The lowest BCUT2D eigenvalue weighted by Gasteiger charge is -2.46. The third-order valence-electron chi connectivity index (χ3n) is 10.7. The van der Waals surface area contributed by atoms with Gasteiger partial charge in [-0.1, -0.05) is 162 Å². The van der Waals surface area contributed by atoms with Crippen molar-refractivity contribution in [2.75, 3.05) is 13.2 Å². The molecule has 50 heavy (non-hydrogen) atoms. The summed E-state index contributed by atoms with van der Waals surface area (Å²) < 4.78 is 5.95. The van der Waals surface area contributed by atoms with E-state index in [0.717, 1.165) is 37.7 Å². The first-order valence-corrected chi connectivity index (χ1v) is 20.9. The molecule has 0 spiro atoms. The number of unbranched alkanes of at least 4 members (excludes halogenated alkanes) is 16. The van der Waals surface area contributed by atoms with Crippen LogP contribution in [0.25, 0.3) is 0 Å². The van der Waals surface area contributed by atoms with Crippen LogP contribution in [-0.2, 0) is 4.74 Å². The quantitative estimate of drug-likeness (QED) is 0.0829. The van der Waals surface area contributed by atoms with Gasteiger partial charge in [0.25, 0.3) is 0 Å². The molecular formula is C43H78N4O3. The molecule has 3 N–H and O–H groups in total. The molecule has 3 unspecified atom stereocenters. The Balaban J connectivity index is 1.80. The molecule has 0 saturated heterocycles. The molecule has 0 bridgehead atoms. The van der Waals surface area contributed by atoms with E-state index in [4.69, 9.17) is 4.74 Å². The number of amidine groups is 1. The van der Waals surface area contributed by atoms with Crippen molar-refractivity contribution in [3.05, 3.63) is 23.9 Å². The number of nitrogens with one attached hydrogen (secondary N) is 3. The van der Waals surface area contributed by atoms with Gasteiger partial charge in [-0.05, 0) is 61.9 Å². The highest BCUT2D eigenvalue weighted by Crippen LogP contribution is 2.45. The number of dihydropyridines is 1. The van der Waals surface area contributed by atoms with Crippen LogP contribution in [0.1, 0.15) is 196 Å². The first kappa shape index (κ1) is 43.9. The molecule has 1 saturated carbocycles. The lowest BCUT2D eigenvalue weighted by atomic mass is 9.62. The topological polar surface area (TPSA) is 91.8 Å². The number of hydrogen-bond acceptors (Lipinski definition) is 4. The van der Waals surface area contributed by atoms with Crippen LogP contribution in [0.5, 0.6) is 0 Å². The largest absolute Gasteiger partial charge is 0.449 e. The van der Waals surface area contributed by atoms with E-state index in [2.05, 4.69) is 62.1 Å². The number of carbonyl (C=O) groups excluding carboxylic acids is 2. The fourth-order valence-electron chi connectivity index (χ4n) is 8.46. The Kier molecular flexibility index (Phi) is 21.8. The van der Waals surface area contributed by atoms with E-state index in [0.29, 0.717) is 37.0 Å². The highest BCUT2D eigenvalue weighted by molar-refractivity contribution is 5.99. The van der Waals surface area contributed by atoms with E-state index in [-0.39, 0.29) is 29.0 Å². The van der Waals surface area contributed by atoms with Crippen LogP contribution < -0.4 is 16.0 Å². The van der Waals surface area contributed by atoms with Crippen LogP contribution in [0.3, 0.4) is 0 Å². The Morgan fingerprint density at radius 1 is 0.840 bits per heavy atom. The zero-order chi connectivity index (χ0) is 36.7. The third kappa shape index (κ3) is 20.5. The summed E-state index contributed by atoms with van der Waals surface area (Å²) in [7, 11) is 0. The maximum absolute atomic E-state index is 13.2. The van der Waals surface area contributed by atoms with Crippen LogP contribution >= 0.6 is 0 Å². The Bertz CT molecular complexity index is 1050. The van der Waals surface area contributed by atoms with E-state index in [9.17, 15) is 9.59 Å². The van der Waals surface area contributed by atoms with E-state index in [1.54, 1.807) is 0 Å². The number of urea groups is 1. The first-order chi connectivity index (χ1) is 23.9. The smallest absolute Gasteiger partial charge is 0.407 e. The molecule has 1 aliphatic carbocycles. The standard InChI is InChI=1S/C43H78N4O3/c1-8-10-12-14-16-18-19-21-23-25-27-37(26-24-22-20-17-15-13-11-9-2)32-50-41(49)46-38-30-42(5,6)33-43(7,31-38)34-44-40(48)47-39-29-35(3)28-36(4)45-39/h28,37-38H,4,8-27,29-34H2,1-3,5-7H3,(H,46,49)(H2,44,45,47,48). The summed E-state index contributed by atoms with van der Waals surface area (Å²) in [6.07, 6.45) is 31.2. The second-order valence-corrected chi connectivity index (χ2v) is 17.1. The van der Waals surface area contributed by atoms with Gasteiger partial charge in [0.2, 0.25) is 0 Å². The number of aliphatic imine (C=N–C) groups is 1. The molecule has 3 amide bonds. The fourth-order valence-corrected chi connectivity index (χ4v) is 8.46. The number of alkyl carbamates (subject to hydrolysis) is 1. The summed E-state index contributed by atoms with van der Waals surface area (Å²) in [4.78, 5) is 30.3. The van der Waals surface area contributed by atoms with Crippen molar-refractivity contribution in [1.29, 1.82) is 0 Å². The summed E-state index contributed by atoms with van der Waals surface area (Å²) >= 11 is 0. The second-order valence-electron chi connectivity index (χ2n) is 17.1. The fraction of sp³-hybridized carbons (Fsp3) is 0.837. The monoisotopic (exact) mass is 699 g/mol. The number of hydrogen-bond donors (Lipinski definition) is 3. The summed E-state index contributed by atoms with van der Waals surface area (Å²) in [6.45, 7) is 18.2. The van der Waals surface area contributed by atoms with Crippen LogP contribution in [0.15, 0.2) is 28.9 Å². The normalized spacial score (nSPS) is 20.8. The molecule has 0 aromatic carbocycles. The minimum absolute atomic E-state index is 0.00747. The third-order valence-corrected chi connectivity index (χ3v) is 10.7. The van der Waals surface area contributed by atoms with Crippen molar-refractivity contribution >= 4 is 18.0 Å². The van der Waals surface area contributed by atoms with Crippen molar-refractivity contribution in [2.45, 2.75) is 202 Å². The Hall–Kier alpha value is -2.31. The molecule has 0 radical (unpaired) electrons. The second kappa shape index (κ2) is 24.8. The van der Waals surface area contributed by atoms with Gasteiger partial charge in [0.15, 0.2) is 0 Å². The number of amides is 3. The summed E-state index contributed by atoms with van der Waals surface area (Å²) in [6, 6.07) is -0.238. The van der Waals surface area contributed by atoms with Crippen LogP contribution in [-0.4, -0.2) is 37.2 Å². The number of ether oxygens (including phenoxy) is 1. The molecule has 0 aromatic heterocycles. The molecule has 1 aliphatic heterocycles. The summed E-state index contributed by atoms with van der Waals surface area (Å²) in [5, 5.41) is 9.22. The molecule has 2 aliphatic rings. The van der Waals surface area contributed by atoms with Gasteiger partial charge in [-0.25, -0.2) is 14.6 Å². The number of carbonyl (C=O) groups is 2. The highest BCUT2D eigenvalue weighted by atomic mass is 16.5. The molecule has 7 heteroatoms. The SMILES string of the molecule is C=C1C=C(C)CC(NC(=O)NCC2(C)CC(NC(=O)OCC(CCCCCCCCCC)CCCCCCCCCCCC)CC(C)(C)C2)=N1. The lowest BCUT2D eigenvalue weighted by Crippen LogP contribution is -2.52. The van der Waals surface area contributed by atoms with E-state index in [1.807, 2.05) is 13.0 Å². The molecular weight excluding hydrogens is 620 g/mol. The minimum atomic E-state index is -0.288. The summed E-state index contributed by atoms with van der Waals surface area (Å²) in [5.74, 6) is 1.06. The summed E-state index contributed by atoms with van der Waals surface area (Å²) in [5.41, 5.74) is 1.66. The maximum atomic E-state index is 13.2. The van der Waals surface area contributed by atoms with Crippen molar-refractivity contribution < 1.29 is 14.3 Å². The Morgan fingerprint density at radius 2 is 1.36 bits per heavy atom. The van der Waals surface area contributed by atoms with Crippen molar-refractivity contribution in [1.82, 2.24) is 16.0 Å². The Morgan fingerprint density at radius 3 is 1.88 bits per heavy atom. The van der Waals surface area contributed by atoms with Gasteiger partial charge in [-0.3, -0.25) is 5.32 Å². The van der Waals surface area contributed by atoms with Crippen LogP contribution in [0.4, 0.5) is 9.59 Å². The first-order valence-electron chi connectivity index (χ1n) is 20.9. The van der Waals surface area contributed by atoms with Crippen molar-refractivity contribution in [2.24, 2.45) is 21.7 Å². The minimum Gasteiger partial charge on any atom is -0.449 e. The predicted octanol–water partition coefficient (Wildman–Crippen LogP) is 12.3.